The van der Waals surface area contributed by atoms with E-state index in [9.17, 15) is 9.59 Å². The van der Waals surface area contributed by atoms with Crippen molar-refractivity contribution in [2.75, 3.05) is 11.9 Å². The minimum Gasteiger partial charge on any atom is -0.478 e. The van der Waals surface area contributed by atoms with Gasteiger partial charge in [-0.05, 0) is 31.5 Å². The Balaban J connectivity index is 2.75. The summed E-state index contributed by atoms with van der Waals surface area (Å²) in [6.07, 6.45) is 1.74. The Morgan fingerprint density at radius 1 is 1.33 bits per heavy atom. The number of nitrogens with one attached hydrogen (secondary N) is 1. The number of hydrogen-bond donors (Lipinski definition) is 3. The second-order valence-corrected chi connectivity index (χ2v) is 4.17. The first-order valence-electron chi connectivity index (χ1n) is 5.58. The van der Waals surface area contributed by atoms with E-state index in [1.54, 1.807) is 6.07 Å². The van der Waals surface area contributed by atoms with E-state index in [0.717, 1.165) is 6.42 Å². The van der Waals surface area contributed by atoms with Crippen LogP contribution in [-0.4, -0.2) is 23.5 Å². The number of carboxylic acid groups (broad SMARTS) is 1. The number of rotatable bonds is 6. The molecule has 0 bridgehead atoms. The monoisotopic (exact) mass is 270 g/mol. The van der Waals surface area contributed by atoms with Crippen LogP contribution in [0.3, 0.4) is 0 Å². The van der Waals surface area contributed by atoms with E-state index < -0.39 is 5.97 Å². The molecule has 1 rings (SSSR count). The summed E-state index contributed by atoms with van der Waals surface area (Å²) in [5, 5.41) is 11.7. The summed E-state index contributed by atoms with van der Waals surface area (Å²) in [7, 11) is 0. The quantitative estimate of drug-likeness (QED) is 0.690. The fourth-order valence-corrected chi connectivity index (χ4v) is 1.74. The average molecular weight is 271 g/mol. The summed E-state index contributed by atoms with van der Waals surface area (Å²) in [6, 6.07) is 4.57. The summed E-state index contributed by atoms with van der Waals surface area (Å²) in [5.74, 6) is -1.41. The van der Waals surface area contributed by atoms with Crippen LogP contribution in [0.25, 0.3) is 0 Å². The molecule has 0 fully saturated rings. The molecule has 0 aromatic heterocycles. The number of carbonyl (C=O) groups is 2. The number of benzene rings is 1. The molecule has 0 heterocycles. The van der Waals surface area contributed by atoms with E-state index in [2.05, 4.69) is 5.32 Å². The SMILES string of the molecule is NCCCCC(=O)Nc1cccc(Cl)c1C(=O)O. The molecule has 0 aliphatic heterocycles. The summed E-state index contributed by atoms with van der Waals surface area (Å²) in [6.45, 7) is 0.533. The first-order chi connectivity index (χ1) is 8.56. The zero-order valence-corrected chi connectivity index (χ0v) is 10.5. The van der Waals surface area contributed by atoms with Gasteiger partial charge >= 0.3 is 5.97 Å². The van der Waals surface area contributed by atoms with Gasteiger partial charge in [-0.2, -0.15) is 0 Å². The standard InChI is InChI=1S/C12H15ClN2O3/c13-8-4-3-5-9(11(8)12(17)18)15-10(16)6-1-2-7-14/h3-5H,1-2,6-7,14H2,(H,15,16)(H,17,18). The molecular formula is C12H15ClN2O3. The summed E-state index contributed by atoms with van der Waals surface area (Å²) in [4.78, 5) is 22.6. The molecule has 0 aliphatic rings. The number of carbonyl (C=O) groups excluding carboxylic acids is 1. The molecule has 4 N–H and O–H groups in total. The van der Waals surface area contributed by atoms with E-state index in [0.29, 0.717) is 19.4 Å². The lowest BCUT2D eigenvalue weighted by molar-refractivity contribution is -0.116. The number of carboxylic acids is 1. The van der Waals surface area contributed by atoms with Gasteiger partial charge in [0.25, 0.3) is 0 Å². The Morgan fingerprint density at radius 3 is 2.67 bits per heavy atom. The predicted octanol–water partition coefficient (Wildman–Crippen LogP) is 2.11. The molecule has 6 heteroatoms. The Kier molecular flexibility index (Phi) is 5.61. The molecule has 1 aromatic rings. The molecule has 0 saturated carbocycles. The largest absolute Gasteiger partial charge is 0.478 e. The Labute approximate surface area is 110 Å². The molecule has 1 amide bonds. The van der Waals surface area contributed by atoms with Crippen LogP contribution in [0.5, 0.6) is 0 Å². The van der Waals surface area contributed by atoms with Crippen molar-refractivity contribution in [2.45, 2.75) is 19.3 Å². The first-order valence-corrected chi connectivity index (χ1v) is 5.95. The lowest BCUT2D eigenvalue weighted by Crippen LogP contribution is -2.15. The highest BCUT2D eigenvalue weighted by molar-refractivity contribution is 6.34. The van der Waals surface area contributed by atoms with Crippen molar-refractivity contribution in [1.29, 1.82) is 0 Å². The Morgan fingerprint density at radius 2 is 2.06 bits per heavy atom. The topological polar surface area (TPSA) is 92.4 Å². The van der Waals surface area contributed by atoms with Gasteiger partial charge in [-0.25, -0.2) is 4.79 Å². The number of halogens is 1. The van der Waals surface area contributed by atoms with Crippen LogP contribution in [0.1, 0.15) is 29.6 Å². The van der Waals surface area contributed by atoms with Gasteiger partial charge in [-0.3, -0.25) is 4.79 Å². The van der Waals surface area contributed by atoms with Gasteiger partial charge in [0.2, 0.25) is 5.91 Å². The Bertz CT molecular complexity index is 449. The van der Waals surface area contributed by atoms with E-state index in [1.165, 1.54) is 12.1 Å². The lowest BCUT2D eigenvalue weighted by atomic mass is 10.1. The molecule has 0 spiro atoms. The molecule has 0 unspecified atom stereocenters. The molecule has 0 radical (unpaired) electrons. The maximum atomic E-state index is 11.6. The molecular weight excluding hydrogens is 256 g/mol. The lowest BCUT2D eigenvalue weighted by Gasteiger charge is -2.09. The minimum atomic E-state index is -1.17. The summed E-state index contributed by atoms with van der Waals surface area (Å²) in [5.41, 5.74) is 5.45. The highest BCUT2D eigenvalue weighted by Crippen LogP contribution is 2.24. The molecule has 0 saturated heterocycles. The maximum Gasteiger partial charge on any atom is 0.339 e. The maximum absolute atomic E-state index is 11.6. The number of hydrogen-bond acceptors (Lipinski definition) is 3. The molecule has 0 aliphatic carbocycles. The second kappa shape index (κ2) is 6.98. The molecule has 5 nitrogen and oxygen atoms in total. The van der Waals surface area contributed by atoms with Gasteiger partial charge in [0.05, 0.1) is 10.7 Å². The molecule has 18 heavy (non-hydrogen) atoms. The fourth-order valence-electron chi connectivity index (χ4n) is 1.49. The van der Waals surface area contributed by atoms with Crippen molar-refractivity contribution in [1.82, 2.24) is 0 Å². The van der Waals surface area contributed by atoms with E-state index in [-0.39, 0.29) is 22.2 Å². The van der Waals surface area contributed by atoms with Crippen molar-refractivity contribution < 1.29 is 14.7 Å². The highest BCUT2D eigenvalue weighted by atomic mass is 35.5. The molecule has 1 aromatic carbocycles. The van der Waals surface area contributed by atoms with Gasteiger partial charge in [0.15, 0.2) is 0 Å². The van der Waals surface area contributed by atoms with Gasteiger partial charge in [-0.15, -0.1) is 0 Å². The van der Waals surface area contributed by atoms with Crippen molar-refractivity contribution in [3.05, 3.63) is 28.8 Å². The third-order valence-electron chi connectivity index (χ3n) is 2.36. The van der Waals surface area contributed by atoms with Gasteiger partial charge in [0.1, 0.15) is 5.56 Å². The summed E-state index contributed by atoms with van der Waals surface area (Å²) >= 11 is 5.79. The molecule has 98 valence electrons. The van der Waals surface area contributed by atoms with E-state index >= 15 is 0 Å². The number of amides is 1. The normalized spacial score (nSPS) is 10.1. The zero-order chi connectivity index (χ0) is 13.5. The van der Waals surface area contributed by atoms with Crippen LogP contribution in [-0.2, 0) is 4.79 Å². The van der Waals surface area contributed by atoms with Crippen LogP contribution in [0.4, 0.5) is 5.69 Å². The van der Waals surface area contributed by atoms with Crippen molar-refractivity contribution in [3.8, 4) is 0 Å². The van der Waals surface area contributed by atoms with Crippen LogP contribution < -0.4 is 11.1 Å². The number of unbranched alkanes of at least 4 members (excludes halogenated alkanes) is 1. The fraction of sp³-hybridized carbons (Fsp3) is 0.333. The molecule has 0 atom stereocenters. The average Bonchev–Trinajstić information content (AvgIpc) is 2.28. The van der Waals surface area contributed by atoms with Crippen molar-refractivity contribution in [3.63, 3.8) is 0 Å². The first kappa shape index (κ1) is 14.5. The second-order valence-electron chi connectivity index (χ2n) is 3.76. The minimum absolute atomic E-state index is 0.0914. The van der Waals surface area contributed by atoms with Gasteiger partial charge in [-0.1, -0.05) is 17.7 Å². The van der Waals surface area contributed by atoms with Crippen LogP contribution >= 0.6 is 11.6 Å². The highest BCUT2D eigenvalue weighted by Gasteiger charge is 2.15. The zero-order valence-electron chi connectivity index (χ0n) is 9.78. The van der Waals surface area contributed by atoms with Crippen molar-refractivity contribution in [2.24, 2.45) is 5.73 Å². The summed E-state index contributed by atoms with van der Waals surface area (Å²) < 4.78 is 0. The van der Waals surface area contributed by atoms with E-state index in [1.807, 2.05) is 0 Å². The van der Waals surface area contributed by atoms with Crippen LogP contribution in [0.2, 0.25) is 5.02 Å². The van der Waals surface area contributed by atoms with Gasteiger partial charge in [0, 0.05) is 6.42 Å². The number of anilines is 1. The van der Waals surface area contributed by atoms with Gasteiger partial charge < -0.3 is 16.2 Å². The Hall–Kier alpha value is -1.59. The third-order valence-corrected chi connectivity index (χ3v) is 2.67. The van der Waals surface area contributed by atoms with Crippen LogP contribution in [0.15, 0.2) is 18.2 Å². The predicted molar refractivity (Wildman–Crippen MR) is 69.9 cm³/mol. The smallest absolute Gasteiger partial charge is 0.339 e. The van der Waals surface area contributed by atoms with Crippen LogP contribution in [0, 0.1) is 0 Å². The third kappa shape index (κ3) is 4.01. The van der Waals surface area contributed by atoms with E-state index in [4.69, 9.17) is 22.4 Å². The van der Waals surface area contributed by atoms with Crippen molar-refractivity contribution >= 4 is 29.2 Å². The number of aromatic carboxylic acids is 1. The number of nitrogens with two attached hydrogens (primary N) is 1.